The Morgan fingerprint density at radius 2 is 1.06 bits per heavy atom. The van der Waals surface area contributed by atoms with E-state index in [1.165, 1.54) is 126 Å². The Morgan fingerprint density at radius 1 is 0.434 bits per heavy atom. The van der Waals surface area contributed by atoms with Crippen LogP contribution in [0.15, 0.2) is 158 Å². The average molecular weight is 670 g/mol. The number of nitrogens with zero attached hydrogens (tertiary/aromatic N) is 1. The van der Waals surface area contributed by atoms with Crippen molar-refractivity contribution in [1.29, 1.82) is 0 Å². The number of rotatable bonds is 3. The minimum atomic E-state index is 1.00. The highest BCUT2D eigenvalue weighted by Crippen LogP contribution is 2.47. The molecule has 10 aromatic carbocycles. The SMILES string of the molecule is C1=Cc2ccc3c(-c4cc5ccc6cc(-c7ccc8ccc9cccc%10ccc7c8c9%10)cc7c6c5c(c4)n7-c4ccccc4)ccc4c3c2C(=CC4)C1. The number of hydrogen-bond donors (Lipinski definition) is 0. The fraction of sp³-hybridized carbons (Fsp3) is 0.0385. The Kier molecular flexibility index (Phi) is 5.27. The third-order valence-electron chi connectivity index (χ3n) is 12.5. The molecule has 1 nitrogen and oxygen atoms in total. The maximum Gasteiger partial charge on any atom is 0.0553 e. The minimum absolute atomic E-state index is 1.00. The quantitative estimate of drug-likeness (QED) is 0.165. The van der Waals surface area contributed by atoms with E-state index < -0.39 is 0 Å². The fourth-order valence-corrected chi connectivity index (χ4v) is 10.2. The minimum Gasteiger partial charge on any atom is -0.309 e. The van der Waals surface area contributed by atoms with Crippen LogP contribution in [0.5, 0.6) is 0 Å². The highest BCUT2D eigenvalue weighted by Gasteiger charge is 2.24. The molecule has 0 bridgehead atoms. The summed E-state index contributed by atoms with van der Waals surface area (Å²) in [6.45, 7) is 0. The molecule has 1 aromatic heterocycles. The molecule has 1 heteroatoms. The topological polar surface area (TPSA) is 4.93 Å². The lowest BCUT2D eigenvalue weighted by Crippen LogP contribution is -2.03. The molecule has 0 saturated carbocycles. The molecule has 13 rings (SSSR count). The smallest absolute Gasteiger partial charge is 0.0553 e. The number of aromatic nitrogens is 1. The molecule has 1 heterocycles. The van der Waals surface area contributed by atoms with Crippen molar-refractivity contribution >= 4 is 87.3 Å². The molecule has 0 amide bonds. The van der Waals surface area contributed by atoms with Crippen LogP contribution in [0.3, 0.4) is 0 Å². The monoisotopic (exact) mass is 669 g/mol. The van der Waals surface area contributed by atoms with Gasteiger partial charge in [0.05, 0.1) is 11.0 Å². The van der Waals surface area contributed by atoms with Gasteiger partial charge in [0.15, 0.2) is 0 Å². The summed E-state index contributed by atoms with van der Waals surface area (Å²) in [5, 5.41) is 15.9. The zero-order chi connectivity index (χ0) is 34.4. The number of benzene rings is 10. The second-order valence-corrected chi connectivity index (χ2v) is 15.2. The van der Waals surface area contributed by atoms with Gasteiger partial charge in [0, 0.05) is 16.5 Å². The van der Waals surface area contributed by atoms with Crippen LogP contribution in [-0.2, 0) is 6.42 Å². The second kappa shape index (κ2) is 10.00. The van der Waals surface area contributed by atoms with Crippen LogP contribution >= 0.6 is 0 Å². The molecular formula is C52H31N. The lowest BCUT2D eigenvalue weighted by Gasteiger charge is -2.24. The van der Waals surface area contributed by atoms with Crippen LogP contribution in [0.2, 0.25) is 0 Å². The maximum absolute atomic E-state index is 2.51. The van der Waals surface area contributed by atoms with E-state index in [0.717, 1.165) is 12.8 Å². The Labute approximate surface area is 306 Å². The van der Waals surface area contributed by atoms with Gasteiger partial charge < -0.3 is 4.57 Å². The van der Waals surface area contributed by atoms with E-state index in [4.69, 9.17) is 0 Å². The summed E-state index contributed by atoms with van der Waals surface area (Å²) in [7, 11) is 0. The first-order valence-corrected chi connectivity index (χ1v) is 18.8. The van der Waals surface area contributed by atoms with Gasteiger partial charge in [-0.3, -0.25) is 0 Å². The predicted molar refractivity (Wildman–Crippen MR) is 227 cm³/mol. The highest BCUT2D eigenvalue weighted by atomic mass is 15.0. The first-order chi connectivity index (χ1) is 26.3. The van der Waals surface area contributed by atoms with Gasteiger partial charge in [-0.05, 0) is 148 Å². The van der Waals surface area contributed by atoms with E-state index in [1.54, 1.807) is 0 Å². The standard InChI is InChI=1S/C52H31N/c1-2-10-40(11-3-1)53-45-28-38(41-22-18-34-14-12-30-6-4-8-32-20-24-43(41)49(34)47(30)32)26-36-16-17-37-27-39(29-46(53)52(37)51(36)45)42-23-19-35-15-13-31-7-5-9-33-21-25-44(42)50(35)48(31)33/h1-6,8-14,16-29H,7,15H2. The predicted octanol–water partition coefficient (Wildman–Crippen LogP) is 14.1. The summed E-state index contributed by atoms with van der Waals surface area (Å²) in [6, 6.07) is 55.3. The Hall–Kier alpha value is -6.70. The van der Waals surface area contributed by atoms with Crippen molar-refractivity contribution in [3.63, 3.8) is 0 Å². The van der Waals surface area contributed by atoms with E-state index in [-0.39, 0.29) is 0 Å². The number of allylic oxidation sites excluding steroid dienone is 3. The van der Waals surface area contributed by atoms with Crippen molar-refractivity contribution in [2.75, 3.05) is 0 Å². The molecule has 0 unspecified atom stereocenters. The summed E-state index contributed by atoms with van der Waals surface area (Å²) in [4.78, 5) is 0. The molecule has 0 radical (unpaired) electrons. The van der Waals surface area contributed by atoms with Crippen molar-refractivity contribution in [2.24, 2.45) is 0 Å². The van der Waals surface area contributed by atoms with Crippen molar-refractivity contribution in [1.82, 2.24) is 4.57 Å². The molecular weight excluding hydrogens is 639 g/mol. The van der Waals surface area contributed by atoms with E-state index in [2.05, 4.69) is 168 Å². The van der Waals surface area contributed by atoms with Gasteiger partial charge >= 0.3 is 0 Å². The van der Waals surface area contributed by atoms with Crippen LogP contribution in [0.1, 0.15) is 23.1 Å². The number of para-hydroxylation sites is 1. The molecule has 0 saturated heterocycles. The normalized spacial score (nSPS) is 13.9. The third-order valence-corrected chi connectivity index (χ3v) is 12.5. The van der Waals surface area contributed by atoms with Crippen LogP contribution < -0.4 is 0 Å². The van der Waals surface area contributed by atoms with Crippen molar-refractivity contribution in [2.45, 2.75) is 12.8 Å². The molecule has 2 aliphatic carbocycles. The summed E-state index contributed by atoms with van der Waals surface area (Å²) < 4.78 is 2.51. The van der Waals surface area contributed by atoms with Crippen molar-refractivity contribution < 1.29 is 0 Å². The van der Waals surface area contributed by atoms with E-state index in [9.17, 15) is 0 Å². The van der Waals surface area contributed by atoms with Crippen molar-refractivity contribution in [3.8, 4) is 27.9 Å². The zero-order valence-corrected chi connectivity index (χ0v) is 28.9. The lowest BCUT2D eigenvalue weighted by molar-refractivity contribution is 1.18. The molecule has 0 aliphatic heterocycles. The van der Waals surface area contributed by atoms with E-state index in [1.807, 2.05) is 0 Å². The van der Waals surface area contributed by atoms with Gasteiger partial charge in [0.25, 0.3) is 0 Å². The highest BCUT2D eigenvalue weighted by molar-refractivity contribution is 6.28. The summed E-state index contributed by atoms with van der Waals surface area (Å²) >= 11 is 0. The maximum atomic E-state index is 2.51. The lowest BCUT2D eigenvalue weighted by atomic mass is 9.80. The average Bonchev–Trinajstić information content (AvgIpc) is 3.55. The van der Waals surface area contributed by atoms with Crippen LogP contribution in [-0.4, -0.2) is 4.57 Å². The molecule has 0 N–H and O–H groups in total. The first-order valence-electron chi connectivity index (χ1n) is 18.8. The molecule has 0 spiro atoms. The summed E-state index contributed by atoms with van der Waals surface area (Å²) in [6.07, 6.45) is 9.08. The van der Waals surface area contributed by atoms with Crippen LogP contribution in [0.4, 0.5) is 0 Å². The Morgan fingerprint density at radius 3 is 1.81 bits per heavy atom. The molecule has 244 valence electrons. The second-order valence-electron chi connectivity index (χ2n) is 15.2. The Balaban J connectivity index is 1.11. The third kappa shape index (κ3) is 3.66. The molecule has 0 atom stereocenters. The van der Waals surface area contributed by atoms with E-state index in [0.29, 0.717) is 0 Å². The first kappa shape index (κ1) is 28.0. The van der Waals surface area contributed by atoms with Gasteiger partial charge in [-0.2, -0.15) is 0 Å². The van der Waals surface area contributed by atoms with Gasteiger partial charge in [0.2, 0.25) is 0 Å². The van der Waals surface area contributed by atoms with E-state index >= 15 is 0 Å². The van der Waals surface area contributed by atoms with Gasteiger partial charge in [-0.1, -0.05) is 127 Å². The zero-order valence-electron chi connectivity index (χ0n) is 28.9. The van der Waals surface area contributed by atoms with Gasteiger partial charge in [-0.25, -0.2) is 0 Å². The molecule has 11 aromatic rings. The van der Waals surface area contributed by atoms with Gasteiger partial charge in [-0.15, -0.1) is 0 Å². The van der Waals surface area contributed by atoms with Crippen LogP contribution in [0.25, 0.3) is 115 Å². The van der Waals surface area contributed by atoms with Crippen molar-refractivity contribution in [3.05, 3.63) is 174 Å². The fourth-order valence-electron chi connectivity index (χ4n) is 10.2. The molecule has 2 aliphatic rings. The Bertz CT molecular complexity index is 3410. The summed E-state index contributed by atoms with van der Waals surface area (Å²) in [5.41, 5.74) is 14.5. The molecule has 53 heavy (non-hydrogen) atoms. The summed E-state index contributed by atoms with van der Waals surface area (Å²) in [5.74, 6) is 0. The van der Waals surface area contributed by atoms with Crippen LogP contribution in [0, 0.1) is 0 Å². The van der Waals surface area contributed by atoms with Gasteiger partial charge in [0.1, 0.15) is 0 Å². The largest absolute Gasteiger partial charge is 0.309 e. The molecule has 0 fully saturated rings. The number of hydrogen-bond acceptors (Lipinski definition) is 0.